The Balaban J connectivity index is 1.39. The third-order valence-corrected chi connectivity index (χ3v) is 5.05. The molecule has 0 aliphatic carbocycles. The lowest BCUT2D eigenvalue weighted by atomic mass is 10.1. The van der Waals surface area contributed by atoms with E-state index < -0.39 is 6.10 Å². The molecule has 2 N–H and O–H groups in total. The number of para-hydroxylation sites is 2. The van der Waals surface area contributed by atoms with E-state index in [0.29, 0.717) is 35.1 Å². The maximum Gasteiger partial charge on any atom is 0.266 e. The average Bonchev–Trinajstić information content (AvgIpc) is 2.68. The predicted octanol–water partition coefficient (Wildman–Crippen LogP) is 2.70. The van der Waals surface area contributed by atoms with Crippen LogP contribution in [0.3, 0.4) is 0 Å². The molecule has 1 aliphatic rings. The normalized spacial score (nSPS) is 15.1. The van der Waals surface area contributed by atoms with Crippen molar-refractivity contribution in [2.75, 3.05) is 17.6 Å². The van der Waals surface area contributed by atoms with Crippen LogP contribution in [0.5, 0.6) is 5.75 Å². The summed E-state index contributed by atoms with van der Waals surface area (Å²) in [6.07, 6.45) is -0.850. The fourth-order valence-electron chi connectivity index (χ4n) is 2.67. The van der Waals surface area contributed by atoms with Gasteiger partial charge in [-0.05, 0) is 23.8 Å². The molecule has 3 rings (SSSR count). The van der Waals surface area contributed by atoms with Gasteiger partial charge in [-0.25, -0.2) is 0 Å². The monoisotopic (exact) mass is 381 g/mol. The smallest absolute Gasteiger partial charge is 0.266 e. The fraction of sp³-hybridized carbons (Fsp3) is 0.250. The van der Waals surface area contributed by atoms with Gasteiger partial charge in [0.2, 0.25) is 5.91 Å². The van der Waals surface area contributed by atoms with Crippen LogP contribution in [0, 0.1) is 11.3 Å². The molecular weight excluding hydrogens is 362 g/mol. The van der Waals surface area contributed by atoms with Crippen molar-refractivity contribution < 1.29 is 14.3 Å². The zero-order valence-corrected chi connectivity index (χ0v) is 15.4. The Morgan fingerprint density at radius 3 is 2.85 bits per heavy atom. The molecule has 138 valence electrons. The lowest BCUT2D eigenvalue weighted by molar-refractivity contribution is -0.130. The van der Waals surface area contributed by atoms with Gasteiger partial charge in [-0.1, -0.05) is 30.3 Å². The maximum absolute atomic E-state index is 12.1. The minimum absolute atomic E-state index is 0.0257. The highest BCUT2D eigenvalue weighted by atomic mass is 32.2. The van der Waals surface area contributed by atoms with Crippen LogP contribution >= 0.6 is 11.8 Å². The SMILES string of the molecule is N#Cc1ccccc1CSCCNC(=O)C[C@H]1Oc2ccccc2NC1=O. The number of benzene rings is 2. The standard InChI is InChI=1S/C20H19N3O3S/c21-12-14-5-1-2-6-15(14)13-27-10-9-22-19(24)11-18-20(25)23-16-7-3-4-8-17(16)26-18/h1-8,18H,9-11,13H2,(H,22,24)(H,23,25)/t18-/m1/s1. The summed E-state index contributed by atoms with van der Waals surface area (Å²) >= 11 is 1.64. The van der Waals surface area contributed by atoms with Crippen molar-refractivity contribution in [2.24, 2.45) is 0 Å². The molecule has 7 heteroatoms. The van der Waals surface area contributed by atoms with Crippen molar-refractivity contribution in [3.8, 4) is 11.8 Å². The summed E-state index contributed by atoms with van der Waals surface area (Å²) in [7, 11) is 0. The van der Waals surface area contributed by atoms with Gasteiger partial charge in [0, 0.05) is 18.1 Å². The summed E-state index contributed by atoms with van der Waals surface area (Å²) in [5.41, 5.74) is 2.28. The van der Waals surface area contributed by atoms with Gasteiger partial charge in [-0.3, -0.25) is 9.59 Å². The summed E-state index contributed by atoms with van der Waals surface area (Å²) in [6.45, 7) is 0.489. The number of thioether (sulfide) groups is 1. The van der Waals surface area contributed by atoms with Gasteiger partial charge in [-0.2, -0.15) is 17.0 Å². The third-order valence-electron chi connectivity index (χ3n) is 4.04. The first-order chi connectivity index (χ1) is 13.2. The summed E-state index contributed by atoms with van der Waals surface area (Å²) in [5.74, 6) is 1.46. The number of carbonyl (C=O) groups is 2. The van der Waals surface area contributed by atoms with E-state index in [1.54, 1.807) is 30.0 Å². The first-order valence-corrected chi connectivity index (χ1v) is 9.72. The van der Waals surface area contributed by atoms with E-state index in [0.717, 1.165) is 5.56 Å². The number of anilines is 1. The molecule has 2 aromatic rings. The Kier molecular flexibility index (Phi) is 6.34. The third kappa shape index (κ3) is 5.02. The second-order valence-electron chi connectivity index (χ2n) is 5.97. The molecule has 0 fully saturated rings. The van der Waals surface area contributed by atoms with Crippen molar-refractivity contribution in [2.45, 2.75) is 18.3 Å². The van der Waals surface area contributed by atoms with E-state index in [9.17, 15) is 9.59 Å². The van der Waals surface area contributed by atoms with Crippen molar-refractivity contribution in [3.05, 3.63) is 59.7 Å². The number of hydrogen-bond donors (Lipinski definition) is 2. The highest BCUT2D eigenvalue weighted by molar-refractivity contribution is 7.98. The quantitative estimate of drug-likeness (QED) is 0.720. The second kappa shape index (κ2) is 9.10. The Bertz CT molecular complexity index is 879. The molecule has 0 radical (unpaired) electrons. The predicted molar refractivity (Wildman–Crippen MR) is 104 cm³/mol. The Morgan fingerprint density at radius 2 is 2.00 bits per heavy atom. The van der Waals surface area contributed by atoms with Crippen LogP contribution in [0.1, 0.15) is 17.5 Å². The molecule has 0 unspecified atom stereocenters. The molecule has 1 aliphatic heterocycles. The highest BCUT2D eigenvalue weighted by Gasteiger charge is 2.29. The van der Waals surface area contributed by atoms with E-state index >= 15 is 0 Å². The van der Waals surface area contributed by atoms with Crippen molar-refractivity contribution >= 4 is 29.3 Å². The van der Waals surface area contributed by atoms with Crippen LogP contribution in [0.2, 0.25) is 0 Å². The van der Waals surface area contributed by atoms with E-state index in [1.165, 1.54) is 0 Å². The average molecular weight is 381 g/mol. The minimum Gasteiger partial charge on any atom is -0.478 e. The van der Waals surface area contributed by atoms with Crippen LogP contribution in [-0.4, -0.2) is 30.2 Å². The molecule has 0 saturated carbocycles. The van der Waals surface area contributed by atoms with Crippen molar-refractivity contribution in [1.29, 1.82) is 5.26 Å². The largest absolute Gasteiger partial charge is 0.478 e. The molecular formula is C20H19N3O3S. The van der Waals surface area contributed by atoms with Crippen LogP contribution in [0.15, 0.2) is 48.5 Å². The number of hydrogen-bond acceptors (Lipinski definition) is 5. The first kappa shape index (κ1) is 18.8. The molecule has 27 heavy (non-hydrogen) atoms. The lowest BCUT2D eigenvalue weighted by Gasteiger charge is -2.25. The Hall–Kier alpha value is -2.98. The molecule has 2 aromatic carbocycles. The Morgan fingerprint density at radius 1 is 1.22 bits per heavy atom. The zero-order chi connectivity index (χ0) is 19.1. The van der Waals surface area contributed by atoms with Crippen LogP contribution in [0.25, 0.3) is 0 Å². The molecule has 0 spiro atoms. The summed E-state index contributed by atoms with van der Waals surface area (Å²) in [4.78, 5) is 24.1. The van der Waals surface area contributed by atoms with Crippen LogP contribution in [-0.2, 0) is 15.3 Å². The summed E-state index contributed by atoms with van der Waals surface area (Å²) < 4.78 is 5.62. The summed E-state index contributed by atoms with van der Waals surface area (Å²) in [6, 6.07) is 16.8. The van der Waals surface area contributed by atoms with Gasteiger partial charge in [0.25, 0.3) is 5.91 Å². The Labute approximate surface area is 161 Å². The molecule has 1 atom stereocenters. The lowest BCUT2D eigenvalue weighted by Crippen LogP contribution is -2.41. The summed E-state index contributed by atoms with van der Waals surface area (Å²) in [5, 5.41) is 14.6. The molecule has 0 saturated heterocycles. The van der Waals surface area contributed by atoms with E-state index in [1.807, 2.05) is 30.3 Å². The van der Waals surface area contributed by atoms with E-state index in [2.05, 4.69) is 16.7 Å². The topological polar surface area (TPSA) is 91.2 Å². The van der Waals surface area contributed by atoms with Crippen molar-refractivity contribution in [3.63, 3.8) is 0 Å². The highest BCUT2D eigenvalue weighted by Crippen LogP contribution is 2.29. The maximum atomic E-state index is 12.1. The molecule has 2 amide bonds. The van der Waals surface area contributed by atoms with Gasteiger partial charge < -0.3 is 15.4 Å². The van der Waals surface area contributed by atoms with Gasteiger partial charge in [0.05, 0.1) is 23.7 Å². The van der Waals surface area contributed by atoms with Crippen molar-refractivity contribution in [1.82, 2.24) is 5.32 Å². The number of rotatable bonds is 7. The minimum atomic E-state index is -0.824. The van der Waals surface area contributed by atoms with Crippen LogP contribution < -0.4 is 15.4 Å². The first-order valence-electron chi connectivity index (χ1n) is 8.56. The fourth-order valence-corrected chi connectivity index (χ4v) is 3.53. The number of nitriles is 1. The number of nitrogens with zero attached hydrogens (tertiary/aromatic N) is 1. The van der Waals surface area contributed by atoms with E-state index in [-0.39, 0.29) is 18.2 Å². The molecule has 0 aromatic heterocycles. The number of amides is 2. The second-order valence-corrected chi connectivity index (χ2v) is 7.07. The number of nitrogens with one attached hydrogen (secondary N) is 2. The van der Waals surface area contributed by atoms with Crippen LogP contribution in [0.4, 0.5) is 5.69 Å². The number of ether oxygens (including phenoxy) is 1. The van der Waals surface area contributed by atoms with Gasteiger partial charge in [-0.15, -0.1) is 0 Å². The molecule has 0 bridgehead atoms. The van der Waals surface area contributed by atoms with E-state index in [4.69, 9.17) is 10.00 Å². The molecule has 1 heterocycles. The number of carbonyl (C=O) groups excluding carboxylic acids is 2. The van der Waals surface area contributed by atoms with Gasteiger partial charge in [0.1, 0.15) is 5.75 Å². The zero-order valence-electron chi connectivity index (χ0n) is 14.6. The van der Waals surface area contributed by atoms with Gasteiger partial charge in [0.15, 0.2) is 6.10 Å². The number of fused-ring (bicyclic) bond motifs is 1. The van der Waals surface area contributed by atoms with Gasteiger partial charge >= 0.3 is 0 Å². The molecule has 6 nitrogen and oxygen atoms in total.